The molecule has 0 bridgehead atoms. The Labute approximate surface area is 108 Å². The minimum atomic E-state index is -4.05. The lowest BCUT2D eigenvalue weighted by atomic mass is 10.3. The number of ketones is 1. The standard InChI is InChI=1S/C12H10O4S2/c13-11(10-7-4-8-17-10)12(14)18(15,16)9-5-2-1-3-6-9/h1-8,12,14H. The van der Waals surface area contributed by atoms with Gasteiger partial charge in [0.15, 0.2) is 0 Å². The van der Waals surface area contributed by atoms with Crippen molar-refractivity contribution in [1.82, 2.24) is 0 Å². The highest BCUT2D eigenvalue weighted by molar-refractivity contribution is 7.92. The van der Waals surface area contributed by atoms with Crippen molar-refractivity contribution in [2.24, 2.45) is 0 Å². The number of aliphatic hydroxyl groups is 1. The van der Waals surface area contributed by atoms with Gasteiger partial charge in [0.1, 0.15) is 0 Å². The van der Waals surface area contributed by atoms with E-state index in [0.29, 0.717) is 0 Å². The number of thiophene rings is 1. The van der Waals surface area contributed by atoms with Crippen molar-refractivity contribution < 1.29 is 18.3 Å². The van der Waals surface area contributed by atoms with Crippen molar-refractivity contribution in [3.63, 3.8) is 0 Å². The van der Waals surface area contributed by atoms with Crippen LogP contribution in [-0.4, -0.2) is 24.7 Å². The molecule has 1 atom stereocenters. The van der Waals surface area contributed by atoms with Crippen molar-refractivity contribution in [3.05, 3.63) is 52.7 Å². The van der Waals surface area contributed by atoms with Gasteiger partial charge in [0.2, 0.25) is 21.1 Å². The van der Waals surface area contributed by atoms with Gasteiger partial charge in [-0.2, -0.15) is 0 Å². The second-order valence-corrected chi connectivity index (χ2v) is 6.51. The summed E-state index contributed by atoms with van der Waals surface area (Å²) in [6.07, 6.45) is 0. The predicted molar refractivity (Wildman–Crippen MR) is 68.3 cm³/mol. The SMILES string of the molecule is O=C(c1cccs1)C(O)S(=O)(=O)c1ccccc1. The molecule has 1 unspecified atom stereocenters. The average molecular weight is 282 g/mol. The molecule has 6 heteroatoms. The molecule has 1 aromatic heterocycles. The van der Waals surface area contributed by atoms with Gasteiger partial charge in [-0.25, -0.2) is 8.42 Å². The van der Waals surface area contributed by atoms with E-state index in [0.717, 1.165) is 11.3 Å². The predicted octanol–water partition coefficient (Wildman–Crippen LogP) is 1.72. The average Bonchev–Trinajstić information content (AvgIpc) is 2.92. The summed E-state index contributed by atoms with van der Waals surface area (Å²) in [6, 6.07) is 10.5. The lowest BCUT2D eigenvalue weighted by Gasteiger charge is -2.09. The van der Waals surface area contributed by atoms with Crippen LogP contribution in [0.2, 0.25) is 0 Å². The molecule has 0 saturated heterocycles. The number of carbonyl (C=O) groups is 1. The first-order valence-electron chi connectivity index (χ1n) is 5.08. The van der Waals surface area contributed by atoms with Gasteiger partial charge in [0.05, 0.1) is 9.77 Å². The maximum atomic E-state index is 12.0. The second-order valence-electron chi connectivity index (χ2n) is 3.55. The van der Waals surface area contributed by atoms with Gasteiger partial charge >= 0.3 is 0 Å². The van der Waals surface area contributed by atoms with E-state index in [4.69, 9.17) is 0 Å². The van der Waals surface area contributed by atoms with Crippen LogP contribution in [0.1, 0.15) is 9.67 Å². The molecule has 1 N–H and O–H groups in total. The van der Waals surface area contributed by atoms with Gasteiger partial charge in [0, 0.05) is 0 Å². The zero-order valence-corrected chi connectivity index (χ0v) is 10.8. The molecular weight excluding hydrogens is 272 g/mol. The molecule has 0 aliphatic rings. The smallest absolute Gasteiger partial charge is 0.224 e. The molecule has 0 radical (unpaired) electrons. The summed E-state index contributed by atoms with van der Waals surface area (Å²) in [4.78, 5) is 12.0. The molecule has 0 amide bonds. The van der Waals surface area contributed by atoms with Gasteiger partial charge < -0.3 is 5.11 Å². The highest BCUT2D eigenvalue weighted by Gasteiger charge is 2.32. The third kappa shape index (κ3) is 2.35. The van der Waals surface area contributed by atoms with Crippen molar-refractivity contribution in [2.75, 3.05) is 0 Å². The summed E-state index contributed by atoms with van der Waals surface area (Å²) in [5.41, 5.74) is -2.06. The molecule has 2 rings (SSSR count). The minimum absolute atomic E-state index is 0.0672. The first-order chi connectivity index (χ1) is 8.53. The van der Waals surface area contributed by atoms with Crippen LogP contribution in [0.4, 0.5) is 0 Å². The number of hydrogen-bond acceptors (Lipinski definition) is 5. The van der Waals surface area contributed by atoms with Crippen LogP contribution in [0.3, 0.4) is 0 Å². The fourth-order valence-electron chi connectivity index (χ4n) is 1.42. The Morgan fingerprint density at radius 2 is 1.78 bits per heavy atom. The Morgan fingerprint density at radius 1 is 1.11 bits per heavy atom. The van der Waals surface area contributed by atoms with E-state index in [2.05, 4.69) is 0 Å². The first kappa shape index (κ1) is 12.9. The molecule has 0 spiro atoms. The first-order valence-corrected chi connectivity index (χ1v) is 7.51. The van der Waals surface area contributed by atoms with Crippen LogP contribution < -0.4 is 0 Å². The highest BCUT2D eigenvalue weighted by atomic mass is 32.2. The van der Waals surface area contributed by atoms with E-state index in [1.54, 1.807) is 17.5 Å². The molecule has 1 aromatic carbocycles. The molecule has 0 saturated carbocycles. The molecule has 94 valence electrons. The van der Waals surface area contributed by atoms with Crippen LogP contribution in [-0.2, 0) is 9.84 Å². The number of sulfone groups is 1. The molecule has 1 heterocycles. The Morgan fingerprint density at radius 3 is 2.33 bits per heavy atom. The Bertz CT molecular complexity index is 630. The summed E-state index contributed by atoms with van der Waals surface area (Å²) >= 11 is 1.10. The van der Waals surface area contributed by atoms with Gasteiger partial charge in [-0.05, 0) is 23.6 Å². The van der Waals surface area contributed by atoms with Crippen molar-refractivity contribution in [1.29, 1.82) is 0 Å². The Hall–Kier alpha value is -1.50. The fourth-order valence-corrected chi connectivity index (χ4v) is 3.39. The van der Waals surface area contributed by atoms with Crippen LogP contribution in [0.25, 0.3) is 0 Å². The van der Waals surface area contributed by atoms with E-state index >= 15 is 0 Å². The van der Waals surface area contributed by atoms with Crippen molar-refractivity contribution >= 4 is 27.0 Å². The van der Waals surface area contributed by atoms with Gasteiger partial charge in [-0.3, -0.25) is 4.79 Å². The number of hydrogen-bond donors (Lipinski definition) is 1. The number of rotatable bonds is 4. The normalized spacial score (nSPS) is 13.2. The lowest BCUT2D eigenvalue weighted by molar-refractivity contribution is 0.0862. The summed E-state index contributed by atoms with van der Waals surface area (Å²) < 4.78 is 24.0. The van der Waals surface area contributed by atoms with Gasteiger partial charge in [-0.1, -0.05) is 24.3 Å². The third-order valence-corrected chi connectivity index (χ3v) is 4.97. The quantitative estimate of drug-likeness (QED) is 0.867. The molecule has 2 aromatic rings. The fraction of sp³-hybridized carbons (Fsp3) is 0.0833. The van der Waals surface area contributed by atoms with Crippen LogP contribution in [0.5, 0.6) is 0 Å². The zero-order chi connectivity index (χ0) is 13.2. The third-order valence-electron chi connectivity index (χ3n) is 2.35. The molecule has 0 fully saturated rings. The highest BCUT2D eigenvalue weighted by Crippen LogP contribution is 2.19. The van der Waals surface area contributed by atoms with E-state index in [1.807, 2.05) is 0 Å². The maximum absolute atomic E-state index is 12.0. The molecule has 0 aliphatic carbocycles. The van der Waals surface area contributed by atoms with E-state index in [1.165, 1.54) is 30.3 Å². The number of aliphatic hydroxyl groups excluding tert-OH is 1. The van der Waals surface area contributed by atoms with Crippen LogP contribution in [0, 0.1) is 0 Å². The van der Waals surface area contributed by atoms with E-state index in [9.17, 15) is 18.3 Å². The number of benzene rings is 1. The van der Waals surface area contributed by atoms with E-state index < -0.39 is 21.1 Å². The molecule has 4 nitrogen and oxygen atoms in total. The molecule has 0 aliphatic heterocycles. The van der Waals surface area contributed by atoms with E-state index in [-0.39, 0.29) is 9.77 Å². The van der Waals surface area contributed by atoms with Crippen LogP contribution >= 0.6 is 11.3 Å². The zero-order valence-electron chi connectivity index (χ0n) is 9.18. The summed E-state index contributed by atoms with van der Waals surface area (Å²) in [5.74, 6) is -0.797. The number of carbonyl (C=O) groups excluding carboxylic acids is 1. The summed E-state index contributed by atoms with van der Waals surface area (Å²) in [7, 11) is -4.05. The van der Waals surface area contributed by atoms with Crippen LogP contribution in [0.15, 0.2) is 52.7 Å². The van der Waals surface area contributed by atoms with Gasteiger partial charge in [0.25, 0.3) is 0 Å². The lowest BCUT2D eigenvalue weighted by Crippen LogP contribution is -2.29. The van der Waals surface area contributed by atoms with Crippen molar-refractivity contribution in [3.8, 4) is 0 Å². The summed E-state index contributed by atoms with van der Waals surface area (Å²) in [5, 5.41) is 11.4. The topological polar surface area (TPSA) is 71.4 Å². The molecule has 18 heavy (non-hydrogen) atoms. The largest absolute Gasteiger partial charge is 0.370 e. The monoisotopic (exact) mass is 282 g/mol. The Kier molecular flexibility index (Phi) is 3.60. The maximum Gasteiger partial charge on any atom is 0.224 e. The summed E-state index contributed by atoms with van der Waals surface area (Å²) in [6.45, 7) is 0. The minimum Gasteiger partial charge on any atom is -0.370 e. The van der Waals surface area contributed by atoms with Crippen molar-refractivity contribution in [2.45, 2.75) is 10.3 Å². The Balaban J connectivity index is 2.35. The second kappa shape index (κ2) is 5.01. The molecular formula is C12H10O4S2. The number of Topliss-reactive ketones (excluding diaryl/α,β-unsaturated/α-hetero) is 1. The van der Waals surface area contributed by atoms with Gasteiger partial charge in [-0.15, -0.1) is 11.3 Å².